The number of carbonyl (C=O) groups excluding carboxylic acids is 1. The quantitative estimate of drug-likeness (QED) is 0.779. The van der Waals surface area contributed by atoms with Crippen LogP contribution in [0.3, 0.4) is 0 Å². The first kappa shape index (κ1) is 12.7. The summed E-state index contributed by atoms with van der Waals surface area (Å²) in [4.78, 5) is 23.3. The molecule has 0 spiro atoms. The van der Waals surface area contributed by atoms with Crippen molar-refractivity contribution in [2.75, 3.05) is 0 Å². The Morgan fingerprint density at radius 2 is 1.84 bits per heavy atom. The molecule has 1 aliphatic heterocycles. The summed E-state index contributed by atoms with van der Waals surface area (Å²) in [6.45, 7) is 0. The van der Waals surface area contributed by atoms with Crippen molar-refractivity contribution in [3.8, 4) is 0 Å². The predicted molar refractivity (Wildman–Crippen MR) is 68.5 cm³/mol. The van der Waals surface area contributed by atoms with Crippen LogP contribution in [-0.4, -0.2) is 23.1 Å². The molecular weight excluding hydrogens is 244 g/mol. The number of aliphatic carboxylic acids is 1. The number of hydrogen-bond donors (Lipinski definition) is 1. The second-order valence-corrected chi connectivity index (χ2v) is 5.93. The van der Waals surface area contributed by atoms with Crippen molar-refractivity contribution in [2.24, 2.45) is 11.8 Å². The van der Waals surface area contributed by atoms with Gasteiger partial charge in [0.1, 0.15) is 6.10 Å². The first-order chi connectivity index (χ1) is 9.18. The Labute approximate surface area is 112 Å². The van der Waals surface area contributed by atoms with Crippen LogP contribution in [-0.2, 0) is 14.3 Å². The lowest BCUT2D eigenvalue weighted by atomic mass is 9.74. The standard InChI is InChI=1S/C15H20O4/c16-14(17)11-7-3-1-5-9(11)13-10-6-2-4-8-12(10)15(18)19-13/h10,12-13H,1-8H2,(H,16,17). The zero-order valence-electron chi connectivity index (χ0n) is 11.1. The molecule has 0 aromatic rings. The number of rotatable bonds is 2. The molecule has 4 nitrogen and oxygen atoms in total. The summed E-state index contributed by atoms with van der Waals surface area (Å²) >= 11 is 0. The van der Waals surface area contributed by atoms with Crippen molar-refractivity contribution in [1.82, 2.24) is 0 Å². The van der Waals surface area contributed by atoms with Gasteiger partial charge in [-0.1, -0.05) is 12.8 Å². The molecule has 1 saturated heterocycles. The normalized spacial score (nSPS) is 34.9. The fraction of sp³-hybridized carbons (Fsp3) is 0.733. The van der Waals surface area contributed by atoms with Crippen LogP contribution in [0.5, 0.6) is 0 Å². The van der Waals surface area contributed by atoms with Crippen LogP contribution in [0, 0.1) is 11.8 Å². The van der Waals surface area contributed by atoms with Crippen molar-refractivity contribution in [1.29, 1.82) is 0 Å². The van der Waals surface area contributed by atoms with Gasteiger partial charge < -0.3 is 9.84 Å². The number of hydrogen-bond acceptors (Lipinski definition) is 3. The predicted octanol–water partition coefficient (Wildman–Crippen LogP) is 2.67. The number of cyclic esters (lactones) is 1. The van der Waals surface area contributed by atoms with E-state index in [4.69, 9.17) is 4.74 Å². The highest BCUT2D eigenvalue weighted by molar-refractivity contribution is 5.88. The summed E-state index contributed by atoms with van der Waals surface area (Å²) in [5, 5.41) is 9.33. The molecule has 3 aliphatic rings. The Morgan fingerprint density at radius 1 is 1.11 bits per heavy atom. The van der Waals surface area contributed by atoms with E-state index in [-0.39, 0.29) is 23.9 Å². The van der Waals surface area contributed by atoms with Gasteiger partial charge in [0.2, 0.25) is 0 Å². The molecule has 2 aliphatic carbocycles. The smallest absolute Gasteiger partial charge is 0.331 e. The van der Waals surface area contributed by atoms with Gasteiger partial charge in [-0.3, -0.25) is 4.79 Å². The van der Waals surface area contributed by atoms with E-state index in [1.165, 1.54) is 0 Å². The molecule has 0 amide bonds. The molecule has 4 heteroatoms. The highest BCUT2D eigenvalue weighted by Gasteiger charge is 2.47. The van der Waals surface area contributed by atoms with Gasteiger partial charge in [0.05, 0.1) is 5.92 Å². The molecule has 104 valence electrons. The third kappa shape index (κ3) is 2.17. The Balaban J connectivity index is 1.92. The number of carboxylic acids is 1. The Hall–Kier alpha value is -1.32. The number of ether oxygens (including phenoxy) is 1. The average molecular weight is 264 g/mol. The van der Waals surface area contributed by atoms with Crippen LogP contribution >= 0.6 is 0 Å². The largest absolute Gasteiger partial charge is 0.478 e. The fourth-order valence-electron chi connectivity index (χ4n) is 3.93. The van der Waals surface area contributed by atoms with Crippen LogP contribution in [0.15, 0.2) is 11.1 Å². The zero-order valence-corrected chi connectivity index (χ0v) is 11.1. The van der Waals surface area contributed by atoms with E-state index in [1.54, 1.807) is 0 Å². The van der Waals surface area contributed by atoms with Crippen molar-refractivity contribution in [3.05, 3.63) is 11.1 Å². The van der Waals surface area contributed by atoms with Crippen LogP contribution in [0.1, 0.15) is 51.4 Å². The minimum atomic E-state index is -0.829. The van der Waals surface area contributed by atoms with Crippen LogP contribution in [0.4, 0.5) is 0 Å². The van der Waals surface area contributed by atoms with Gasteiger partial charge in [0, 0.05) is 11.5 Å². The summed E-state index contributed by atoms with van der Waals surface area (Å²) in [6.07, 6.45) is 7.23. The molecular formula is C15H20O4. The second-order valence-electron chi connectivity index (χ2n) is 5.93. The van der Waals surface area contributed by atoms with Crippen LogP contribution < -0.4 is 0 Å². The lowest BCUT2D eigenvalue weighted by Crippen LogP contribution is -2.28. The van der Waals surface area contributed by atoms with Gasteiger partial charge in [-0.05, 0) is 44.1 Å². The molecule has 1 heterocycles. The van der Waals surface area contributed by atoms with E-state index in [0.29, 0.717) is 12.0 Å². The summed E-state index contributed by atoms with van der Waals surface area (Å²) in [6, 6.07) is 0. The van der Waals surface area contributed by atoms with Gasteiger partial charge >= 0.3 is 11.9 Å². The summed E-state index contributed by atoms with van der Waals surface area (Å²) < 4.78 is 5.57. The molecule has 1 N–H and O–H groups in total. The maximum atomic E-state index is 11.9. The molecule has 0 aromatic heterocycles. The lowest BCUT2D eigenvalue weighted by Gasteiger charge is -2.29. The SMILES string of the molecule is O=C(O)C1=C(C2OC(=O)C3CCCCC32)CCCC1. The Morgan fingerprint density at radius 3 is 2.63 bits per heavy atom. The molecule has 0 aromatic carbocycles. The maximum absolute atomic E-state index is 11.9. The first-order valence-corrected chi connectivity index (χ1v) is 7.34. The number of esters is 1. The van der Waals surface area contributed by atoms with Gasteiger partial charge in [-0.15, -0.1) is 0 Å². The molecule has 3 atom stereocenters. The van der Waals surface area contributed by atoms with E-state index >= 15 is 0 Å². The summed E-state index contributed by atoms with van der Waals surface area (Å²) in [5.74, 6) is -0.686. The number of fused-ring (bicyclic) bond motifs is 1. The fourth-order valence-corrected chi connectivity index (χ4v) is 3.93. The van der Waals surface area contributed by atoms with Crippen molar-refractivity contribution in [3.63, 3.8) is 0 Å². The number of carbonyl (C=O) groups is 2. The third-order valence-electron chi connectivity index (χ3n) is 4.87. The molecule has 2 fully saturated rings. The summed E-state index contributed by atoms with van der Waals surface area (Å²) in [5.41, 5.74) is 1.41. The minimum Gasteiger partial charge on any atom is -0.478 e. The third-order valence-corrected chi connectivity index (χ3v) is 4.87. The monoisotopic (exact) mass is 264 g/mol. The molecule has 19 heavy (non-hydrogen) atoms. The lowest BCUT2D eigenvalue weighted by molar-refractivity contribution is -0.144. The highest BCUT2D eigenvalue weighted by Crippen LogP contribution is 2.45. The Kier molecular flexibility index (Phi) is 3.33. The number of carboxylic acid groups (broad SMARTS) is 1. The molecule has 0 radical (unpaired) electrons. The highest BCUT2D eigenvalue weighted by atomic mass is 16.6. The van der Waals surface area contributed by atoms with Gasteiger partial charge in [0.15, 0.2) is 0 Å². The van der Waals surface area contributed by atoms with E-state index < -0.39 is 5.97 Å². The van der Waals surface area contributed by atoms with Gasteiger partial charge in [-0.2, -0.15) is 0 Å². The topological polar surface area (TPSA) is 63.6 Å². The van der Waals surface area contributed by atoms with E-state index in [2.05, 4.69) is 0 Å². The van der Waals surface area contributed by atoms with Crippen molar-refractivity contribution >= 4 is 11.9 Å². The molecule has 3 rings (SSSR count). The zero-order chi connectivity index (χ0) is 13.4. The molecule has 3 unspecified atom stereocenters. The maximum Gasteiger partial charge on any atom is 0.331 e. The van der Waals surface area contributed by atoms with Crippen LogP contribution in [0.25, 0.3) is 0 Å². The van der Waals surface area contributed by atoms with E-state index in [9.17, 15) is 14.7 Å². The molecule has 1 saturated carbocycles. The molecule has 0 bridgehead atoms. The van der Waals surface area contributed by atoms with E-state index in [1.807, 2.05) is 0 Å². The average Bonchev–Trinajstić information content (AvgIpc) is 2.77. The van der Waals surface area contributed by atoms with Gasteiger partial charge in [-0.25, -0.2) is 4.79 Å². The van der Waals surface area contributed by atoms with E-state index in [0.717, 1.165) is 50.5 Å². The summed E-state index contributed by atoms with van der Waals surface area (Å²) in [7, 11) is 0. The Bertz CT molecular complexity index is 437. The van der Waals surface area contributed by atoms with Crippen molar-refractivity contribution in [2.45, 2.75) is 57.5 Å². The van der Waals surface area contributed by atoms with Gasteiger partial charge in [0.25, 0.3) is 0 Å². The first-order valence-electron chi connectivity index (χ1n) is 7.34. The van der Waals surface area contributed by atoms with Crippen molar-refractivity contribution < 1.29 is 19.4 Å². The minimum absolute atomic E-state index is 0.0169. The van der Waals surface area contributed by atoms with Crippen LogP contribution in [0.2, 0.25) is 0 Å². The second kappa shape index (κ2) is 4.99.